The Kier molecular flexibility index (Phi) is 8.57. The third-order valence-corrected chi connectivity index (χ3v) is 20.7. The Morgan fingerprint density at radius 3 is 1.42 bits per heavy atom. The predicted octanol–water partition coefficient (Wildman–Crippen LogP) is 7.94. The van der Waals surface area contributed by atoms with Crippen molar-refractivity contribution in [1.29, 1.82) is 0 Å². The van der Waals surface area contributed by atoms with Crippen LogP contribution in [0.15, 0.2) is 48.6 Å². The lowest BCUT2D eigenvalue weighted by Crippen LogP contribution is -2.58. The average Bonchev–Trinajstić information content (AvgIpc) is 3.15. The van der Waals surface area contributed by atoms with E-state index in [1.54, 1.807) is 0 Å². The molecule has 2 rings (SSSR count). The fraction of sp³-hybridized carbons (Fsp3) is 0.643. The molecule has 4 unspecified atom stereocenters. The van der Waals surface area contributed by atoms with Crippen molar-refractivity contribution < 1.29 is 13.7 Å². The van der Waals surface area contributed by atoms with Gasteiger partial charge in [-0.1, -0.05) is 65.8 Å². The first-order valence-electron chi connectivity index (χ1n) is 12.4. The molecule has 0 aromatic rings. The minimum absolute atomic E-state index is 0.0416. The van der Waals surface area contributed by atoms with Crippen molar-refractivity contribution in [2.75, 3.05) is 0 Å². The molecular formula is C28H46O3Si2. The lowest BCUT2D eigenvalue weighted by molar-refractivity contribution is -0.116. The summed E-state index contributed by atoms with van der Waals surface area (Å²) in [6.07, 6.45) is 10.6. The number of carbonyl (C=O) groups is 2. The number of ketones is 2. The molecule has 33 heavy (non-hydrogen) atoms. The minimum atomic E-state index is -2.25. The number of carbonyl (C=O) groups excluding carboxylic acids is 2. The van der Waals surface area contributed by atoms with Gasteiger partial charge in [-0.2, -0.15) is 0 Å². The predicted molar refractivity (Wildman–Crippen MR) is 145 cm³/mol. The number of Topliss-reactive ketones (excluding diaryl/α,β-unsaturated/α-hetero) is 2. The molecule has 5 heteroatoms. The van der Waals surface area contributed by atoms with E-state index in [0.29, 0.717) is 25.7 Å². The third kappa shape index (κ3) is 6.43. The van der Waals surface area contributed by atoms with Gasteiger partial charge >= 0.3 is 0 Å². The first-order valence-corrected chi connectivity index (χ1v) is 17.7. The second kappa shape index (κ2) is 10.1. The molecule has 0 radical (unpaired) electrons. The highest BCUT2D eigenvalue weighted by Gasteiger charge is 2.53. The summed E-state index contributed by atoms with van der Waals surface area (Å²) in [6.45, 7) is 26.2. The van der Waals surface area contributed by atoms with Crippen LogP contribution in [0.4, 0.5) is 0 Å². The molecule has 0 bridgehead atoms. The summed E-state index contributed by atoms with van der Waals surface area (Å²) in [5.41, 5.74) is 1.83. The van der Waals surface area contributed by atoms with Crippen LogP contribution in [0.5, 0.6) is 0 Å². The maximum atomic E-state index is 12.5. The molecule has 0 N–H and O–H groups in total. The van der Waals surface area contributed by atoms with Gasteiger partial charge in [-0.3, -0.25) is 9.59 Å². The first kappa shape index (κ1) is 27.9. The molecule has 0 heterocycles. The standard InChI is InChI=1S/C28H46O3Si2/c1-11-13-23-15-21(17-25(23)29)19-32(9,27(3,4)5)31-33(10,28(6,7)8)20-22-16-24(14-12-2)26(30)18-22/h11-12,15-16,21-22H,1-2,13-14,17-20H2,3-10H3. The quantitative estimate of drug-likeness (QED) is 0.232. The Labute approximate surface area is 204 Å². The Morgan fingerprint density at radius 2 is 1.15 bits per heavy atom. The summed E-state index contributed by atoms with van der Waals surface area (Å²) in [4.78, 5) is 25.0. The van der Waals surface area contributed by atoms with E-state index in [2.05, 4.69) is 79.9 Å². The fourth-order valence-electron chi connectivity index (χ4n) is 5.05. The van der Waals surface area contributed by atoms with Gasteiger partial charge in [-0.25, -0.2) is 0 Å². The van der Waals surface area contributed by atoms with Crippen LogP contribution >= 0.6 is 0 Å². The smallest absolute Gasteiger partial charge is 0.182 e. The number of allylic oxidation sites excluding steroid dienone is 6. The van der Waals surface area contributed by atoms with E-state index in [9.17, 15) is 9.59 Å². The maximum absolute atomic E-state index is 12.5. The van der Waals surface area contributed by atoms with Crippen molar-refractivity contribution in [2.45, 2.75) is 102 Å². The van der Waals surface area contributed by atoms with Crippen LogP contribution in [-0.4, -0.2) is 28.2 Å². The summed E-state index contributed by atoms with van der Waals surface area (Å²) >= 11 is 0. The molecule has 0 fully saturated rings. The second-order valence-electron chi connectivity index (χ2n) is 12.6. The highest BCUT2D eigenvalue weighted by atomic mass is 28.4. The molecule has 2 aliphatic carbocycles. The normalized spacial score (nSPS) is 25.3. The Morgan fingerprint density at radius 1 is 0.818 bits per heavy atom. The van der Waals surface area contributed by atoms with Crippen molar-refractivity contribution >= 4 is 28.2 Å². The third-order valence-electron chi connectivity index (χ3n) is 8.14. The number of hydrogen-bond acceptors (Lipinski definition) is 3. The van der Waals surface area contributed by atoms with Gasteiger partial charge in [0, 0.05) is 12.8 Å². The van der Waals surface area contributed by atoms with E-state index in [0.717, 1.165) is 23.2 Å². The van der Waals surface area contributed by atoms with Crippen LogP contribution in [0.1, 0.15) is 67.2 Å². The zero-order valence-corrected chi connectivity index (χ0v) is 24.3. The van der Waals surface area contributed by atoms with Crippen LogP contribution in [0.3, 0.4) is 0 Å². The van der Waals surface area contributed by atoms with Crippen LogP contribution in [-0.2, 0) is 13.7 Å². The summed E-state index contributed by atoms with van der Waals surface area (Å²) in [5.74, 6) is 1.05. The van der Waals surface area contributed by atoms with Gasteiger partial charge in [0.2, 0.25) is 0 Å². The number of rotatable bonds is 10. The van der Waals surface area contributed by atoms with Crippen molar-refractivity contribution in [2.24, 2.45) is 11.8 Å². The first-order chi connectivity index (χ1) is 15.0. The molecular weight excluding hydrogens is 440 g/mol. The van der Waals surface area contributed by atoms with E-state index >= 15 is 0 Å². The Bertz CT molecular complexity index is 785. The van der Waals surface area contributed by atoms with Gasteiger partial charge in [-0.05, 0) is 71.1 Å². The highest BCUT2D eigenvalue weighted by molar-refractivity contribution is 6.88. The van der Waals surface area contributed by atoms with E-state index in [-0.39, 0.29) is 33.5 Å². The SMILES string of the molecule is C=CCC1=CC(C[Si](C)(O[Si](C)(CC2C=C(CC=C)C(=O)C2)C(C)(C)C)C(C)(C)C)CC1=O. The average molecular weight is 487 g/mol. The topological polar surface area (TPSA) is 43.4 Å². The largest absolute Gasteiger partial charge is 0.454 e. The van der Waals surface area contributed by atoms with Crippen molar-refractivity contribution in [3.8, 4) is 0 Å². The monoisotopic (exact) mass is 486 g/mol. The fourth-order valence-corrected chi connectivity index (χ4v) is 15.9. The molecule has 0 saturated heterocycles. The molecule has 184 valence electrons. The number of hydrogen-bond donors (Lipinski definition) is 0. The molecule has 0 amide bonds. The van der Waals surface area contributed by atoms with Crippen molar-refractivity contribution in [3.05, 3.63) is 48.6 Å². The molecule has 0 saturated carbocycles. The van der Waals surface area contributed by atoms with Crippen LogP contribution in [0, 0.1) is 11.8 Å². The molecule has 3 nitrogen and oxygen atoms in total. The van der Waals surface area contributed by atoms with Crippen molar-refractivity contribution in [1.82, 2.24) is 0 Å². The molecule has 0 aliphatic heterocycles. The van der Waals surface area contributed by atoms with Gasteiger partial charge in [0.05, 0.1) is 0 Å². The summed E-state index contributed by atoms with van der Waals surface area (Å²) in [6, 6.07) is 1.92. The summed E-state index contributed by atoms with van der Waals surface area (Å²) in [7, 11) is -4.49. The van der Waals surface area contributed by atoms with Gasteiger partial charge in [0.15, 0.2) is 28.2 Å². The molecule has 0 spiro atoms. The van der Waals surface area contributed by atoms with E-state index in [4.69, 9.17) is 4.12 Å². The lowest BCUT2D eigenvalue weighted by Gasteiger charge is -2.51. The minimum Gasteiger partial charge on any atom is -0.454 e. The molecule has 0 aromatic heterocycles. The van der Waals surface area contributed by atoms with E-state index < -0.39 is 16.6 Å². The van der Waals surface area contributed by atoms with Crippen LogP contribution < -0.4 is 0 Å². The molecule has 2 aliphatic rings. The summed E-state index contributed by atoms with van der Waals surface area (Å²) < 4.78 is 7.50. The Balaban J connectivity index is 2.34. The van der Waals surface area contributed by atoms with Crippen LogP contribution in [0.2, 0.25) is 35.3 Å². The maximum Gasteiger partial charge on any atom is 0.182 e. The van der Waals surface area contributed by atoms with E-state index in [1.165, 1.54) is 0 Å². The van der Waals surface area contributed by atoms with Gasteiger partial charge < -0.3 is 4.12 Å². The second-order valence-corrected chi connectivity index (χ2v) is 22.2. The van der Waals surface area contributed by atoms with Crippen LogP contribution in [0.25, 0.3) is 0 Å². The summed E-state index contributed by atoms with van der Waals surface area (Å²) in [5, 5.41) is 0.0832. The van der Waals surface area contributed by atoms with Gasteiger partial charge in [0.25, 0.3) is 0 Å². The van der Waals surface area contributed by atoms with Crippen molar-refractivity contribution in [3.63, 3.8) is 0 Å². The molecule has 4 atom stereocenters. The zero-order chi connectivity index (χ0) is 25.2. The lowest BCUT2D eigenvalue weighted by atomic mass is 10.1. The van der Waals surface area contributed by atoms with E-state index in [1.807, 2.05) is 12.2 Å². The molecule has 0 aromatic carbocycles. The zero-order valence-electron chi connectivity index (χ0n) is 22.3. The highest BCUT2D eigenvalue weighted by Crippen LogP contribution is 2.51. The Hall–Kier alpha value is -1.31. The van der Waals surface area contributed by atoms with Gasteiger partial charge in [-0.15, -0.1) is 13.2 Å². The van der Waals surface area contributed by atoms with Gasteiger partial charge in [0.1, 0.15) is 0 Å².